The summed E-state index contributed by atoms with van der Waals surface area (Å²) in [6.07, 6.45) is 8.80. The predicted octanol–water partition coefficient (Wildman–Crippen LogP) is 2.94. The lowest BCUT2D eigenvalue weighted by Crippen LogP contribution is -2.12. The van der Waals surface area contributed by atoms with Crippen LogP contribution in [0.25, 0.3) is 16.9 Å². The van der Waals surface area contributed by atoms with Gasteiger partial charge in [0.2, 0.25) is 0 Å². The van der Waals surface area contributed by atoms with Gasteiger partial charge < -0.3 is 5.32 Å². The monoisotopic (exact) mass is 458 g/mol. The topological polar surface area (TPSA) is 113 Å². The minimum Gasteiger partial charge on any atom is -0.318 e. The molecule has 0 spiro atoms. The number of carbonyl (C=O) groups excluding carboxylic acids is 1. The van der Waals surface area contributed by atoms with Crippen LogP contribution in [0.4, 0.5) is 5.69 Å². The lowest BCUT2D eigenvalue weighted by atomic mass is 10.2. The molecule has 0 radical (unpaired) electrons. The Morgan fingerprint density at radius 3 is 2.50 bits per heavy atom. The number of anilines is 1. The lowest BCUT2D eigenvalue weighted by Gasteiger charge is -2.04. The van der Waals surface area contributed by atoms with Gasteiger partial charge >= 0.3 is 0 Å². The highest BCUT2D eigenvalue weighted by atomic mass is 16.2. The zero-order valence-electron chi connectivity index (χ0n) is 19.6. The first-order valence-corrected chi connectivity index (χ1v) is 11.2. The fraction of sp³-hybridized carbons (Fsp3) is 0.304. The van der Waals surface area contributed by atoms with Gasteiger partial charge in [-0.2, -0.15) is 20.4 Å². The highest BCUT2D eigenvalue weighted by Gasteiger charge is 2.17. The molecular weight excluding hydrogens is 432 g/mol. The fourth-order valence-electron chi connectivity index (χ4n) is 4.07. The normalized spacial score (nSPS) is 11.4. The van der Waals surface area contributed by atoms with Crippen molar-refractivity contribution < 1.29 is 4.79 Å². The molecule has 34 heavy (non-hydrogen) atoms. The summed E-state index contributed by atoms with van der Waals surface area (Å²) in [5, 5.41) is 20.6. The molecule has 5 heterocycles. The summed E-state index contributed by atoms with van der Waals surface area (Å²) in [5.74, 6) is -0.327. The first kappa shape index (κ1) is 21.6. The zero-order chi connectivity index (χ0) is 23.8. The number of nitrogens with one attached hydrogen (secondary N) is 1. The smallest absolute Gasteiger partial charge is 0.276 e. The SMILES string of the molecule is CCn1ncc(Cn2cc(NC(=O)c3cc4nccc(-c5cnn(CC)c5C)n4n3)cn2)c1C. The number of rotatable bonds is 7. The van der Waals surface area contributed by atoms with Gasteiger partial charge in [-0.3, -0.25) is 18.8 Å². The molecule has 0 bridgehead atoms. The average Bonchev–Trinajstić information content (AvgIpc) is 3.61. The van der Waals surface area contributed by atoms with E-state index in [0.29, 0.717) is 17.9 Å². The van der Waals surface area contributed by atoms with Crippen molar-refractivity contribution in [3.63, 3.8) is 0 Å². The Balaban J connectivity index is 1.36. The van der Waals surface area contributed by atoms with Gasteiger partial charge in [-0.1, -0.05) is 0 Å². The second-order valence-corrected chi connectivity index (χ2v) is 8.04. The highest BCUT2D eigenvalue weighted by molar-refractivity contribution is 6.03. The second kappa shape index (κ2) is 8.58. The van der Waals surface area contributed by atoms with Crippen molar-refractivity contribution in [2.24, 2.45) is 0 Å². The van der Waals surface area contributed by atoms with E-state index >= 15 is 0 Å². The van der Waals surface area contributed by atoms with Crippen molar-refractivity contribution in [3.05, 3.63) is 65.8 Å². The van der Waals surface area contributed by atoms with E-state index in [9.17, 15) is 4.79 Å². The third-order valence-corrected chi connectivity index (χ3v) is 6.00. The molecule has 0 atom stereocenters. The number of nitrogens with zero attached hydrogens (tertiary/aromatic N) is 9. The van der Waals surface area contributed by atoms with Crippen molar-refractivity contribution >= 4 is 17.2 Å². The third kappa shape index (κ3) is 3.74. The van der Waals surface area contributed by atoms with E-state index < -0.39 is 0 Å². The Morgan fingerprint density at radius 1 is 1.00 bits per heavy atom. The van der Waals surface area contributed by atoms with Crippen LogP contribution in [0.15, 0.2) is 43.1 Å². The van der Waals surface area contributed by atoms with E-state index in [0.717, 1.165) is 41.3 Å². The van der Waals surface area contributed by atoms with Gasteiger partial charge in [0.05, 0.1) is 36.5 Å². The van der Waals surface area contributed by atoms with Crippen LogP contribution in [0.2, 0.25) is 0 Å². The molecule has 5 aromatic heterocycles. The van der Waals surface area contributed by atoms with E-state index in [1.54, 1.807) is 33.9 Å². The fourth-order valence-corrected chi connectivity index (χ4v) is 4.07. The van der Waals surface area contributed by atoms with Crippen LogP contribution < -0.4 is 5.32 Å². The molecule has 5 aromatic rings. The van der Waals surface area contributed by atoms with Crippen LogP contribution >= 0.6 is 0 Å². The second-order valence-electron chi connectivity index (χ2n) is 8.04. The van der Waals surface area contributed by atoms with Gasteiger partial charge in [0.1, 0.15) is 0 Å². The standard InChI is InChI=1S/C23H26N10O/c1-5-31-15(3)17(10-26-31)13-30-14-18(11-25-30)28-23(34)20-9-22-24-8-7-21(33(22)29-20)19-12-27-32(6-2)16(19)4/h7-12,14H,5-6,13H2,1-4H3,(H,28,34). The van der Waals surface area contributed by atoms with Gasteiger partial charge in [0.25, 0.3) is 5.91 Å². The maximum atomic E-state index is 12.9. The molecule has 1 amide bonds. The van der Waals surface area contributed by atoms with Crippen molar-refractivity contribution in [1.82, 2.24) is 43.9 Å². The average molecular weight is 459 g/mol. The summed E-state index contributed by atoms with van der Waals surface area (Å²) in [5.41, 5.74) is 6.46. The van der Waals surface area contributed by atoms with Gasteiger partial charge in [0, 0.05) is 54.1 Å². The number of aryl methyl sites for hydroxylation is 2. The Hall–Kier alpha value is -4.28. The minimum atomic E-state index is -0.327. The summed E-state index contributed by atoms with van der Waals surface area (Å²) in [4.78, 5) is 17.3. The Kier molecular flexibility index (Phi) is 5.44. The minimum absolute atomic E-state index is 0.272. The summed E-state index contributed by atoms with van der Waals surface area (Å²) in [6, 6.07) is 3.55. The summed E-state index contributed by atoms with van der Waals surface area (Å²) in [6.45, 7) is 10.3. The van der Waals surface area contributed by atoms with E-state index in [4.69, 9.17) is 0 Å². The van der Waals surface area contributed by atoms with E-state index in [1.165, 1.54) is 0 Å². The Bertz CT molecular complexity index is 1480. The lowest BCUT2D eigenvalue weighted by molar-refractivity contribution is 0.102. The van der Waals surface area contributed by atoms with Gasteiger partial charge in [-0.05, 0) is 33.8 Å². The zero-order valence-corrected chi connectivity index (χ0v) is 19.6. The van der Waals surface area contributed by atoms with Gasteiger partial charge in [-0.15, -0.1) is 0 Å². The number of aromatic nitrogens is 9. The van der Waals surface area contributed by atoms with Crippen LogP contribution in [-0.2, 0) is 19.6 Å². The molecule has 174 valence electrons. The molecule has 11 nitrogen and oxygen atoms in total. The molecule has 0 fully saturated rings. The Labute approximate surface area is 196 Å². The quantitative estimate of drug-likeness (QED) is 0.401. The van der Waals surface area contributed by atoms with Crippen molar-refractivity contribution in [2.45, 2.75) is 47.3 Å². The molecule has 5 rings (SSSR count). The first-order chi connectivity index (χ1) is 16.5. The number of carbonyl (C=O) groups is 1. The highest BCUT2D eigenvalue weighted by Crippen LogP contribution is 2.24. The maximum Gasteiger partial charge on any atom is 0.276 e. The number of hydrogen-bond acceptors (Lipinski definition) is 6. The number of hydrogen-bond donors (Lipinski definition) is 1. The Morgan fingerprint density at radius 2 is 1.76 bits per heavy atom. The van der Waals surface area contributed by atoms with Crippen molar-refractivity contribution in [1.29, 1.82) is 0 Å². The maximum absolute atomic E-state index is 12.9. The summed E-state index contributed by atoms with van der Waals surface area (Å²) in [7, 11) is 0. The molecule has 0 unspecified atom stereocenters. The number of fused-ring (bicyclic) bond motifs is 1. The number of amides is 1. The summed E-state index contributed by atoms with van der Waals surface area (Å²) >= 11 is 0. The van der Waals surface area contributed by atoms with Crippen molar-refractivity contribution in [3.8, 4) is 11.3 Å². The van der Waals surface area contributed by atoms with Crippen LogP contribution in [-0.4, -0.2) is 49.8 Å². The molecule has 0 aliphatic heterocycles. The molecule has 0 saturated heterocycles. The van der Waals surface area contributed by atoms with E-state index in [-0.39, 0.29) is 11.6 Å². The largest absolute Gasteiger partial charge is 0.318 e. The van der Waals surface area contributed by atoms with E-state index in [2.05, 4.69) is 37.6 Å². The van der Waals surface area contributed by atoms with Crippen LogP contribution in [0.3, 0.4) is 0 Å². The van der Waals surface area contributed by atoms with Crippen LogP contribution in [0.5, 0.6) is 0 Å². The molecule has 11 heteroatoms. The van der Waals surface area contributed by atoms with E-state index in [1.807, 2.05) is 48.6 Å². The molecule has 0 saturated carbocycles. The van der Waals surface area contributed by atoms with Gasteiger partial charge in [-0.25, -0.2) is 9.50 Å². The molecule has 0 aromatic carbocycles. The molecular formula is C23H26N10O. The molecule has 0 aliphatic rings. The first-order valence-electron chi connectivity index (χ1n) is 11.2. The predicted molar refractivity (Wildman–Crippen MR) is 127 cm³/mol. The molecule has 1 N–H and O–H groups in total. The molecule has 0 aliphatic carbocycles. The third-order valence-electron chi connectivity index (χ3n) is 6.00. The van der Waals surface area contributed by atoms with Crippen LogP contribution in [0.1, 0.15) is 41.3 Å². The summed E-state index contributed by atoms with van der Waals surface area (Å²) < 4.78 is 7.32. The van der Waals surface area contributed by atoms with Crippen molar-refractivity contribution in [2.75, 3.05) is 5.32 Å². The van der Waals surface area contributed by atoms with Crippen LogP contribution in [0, 0.1) is 13.8 Å². The van der Waals surface area contributed by atoms with Gasteiger partial charge in [0.15, 0.2) is 11.3 Å².